The van der Waals surface area contributed by atoms with Crippen LogP contribution < -0.4 is 11.5 Å². The minimum absolute atomic E-state index is 0.00610. The second-order valence-corrected chi connectivity index (χ2v) is 8.66. The molecule has 1 aromatic carbocycles. The molecule has 4 atom stereocenters. The summed E-state index contributed by atoms with van der Waals surface area (Å²) in [4.78, 5) is 37.4. The van der Waals surface area contributed by atoms with Crippen LogP contribution in [0, 0.1) is 11.8 Å². The van der Waals surface area contributed by atoms with E-state index in [1.54, 1.807) is 0 Å². The topological polar surface area (TPSA) is 204 Å². The Hall–Kier alpha value is -3.08. The van der Waals surface area contributed by atoms with Crippen molar-refractivity contribution in [1.82, 2.24) is 0 Å². The Bertz CT molecular complexity index is 1170. The molecule has 9 N–H and O–H groups in total. The van der Waals surface area contributed by atoms with Crippen molar-refractivity contribution in [2.24, 2.45) is 17.6 Å². The first-order valence-electron chi connectivity index (χ1n) is 9.27. The molecule has 4 rings (SSSR count). The molecule has 1 unspecified atom stereocenters. The Kier molecular flexibility index (Phi) is 4.25. The van der Waals surface area contributed by atoms with Gasteiger partial charge < -0.3 is 37.0 Å². The van der Waals surface area contributed by atoms with Gasteiger partial charge in [0, 0.05) is 29.4 Å². The number of amides is 1. The van der Waals surface area contributed by atoms with E-state index < -0.39 is 75.3 Å². The number of Topliss-reactive ketones (excluding diaryl/α,β-unsaturated/α-hetero) is 2. The standard InChI is InChI=1S/C20H19ClN2O8/c1-19(30)6-2-5-3-9(24)12(18(23)29)17(28)20(5,31)16(27)11(6)14(25)10-7(19)4-8(21)13(22)15(10)26/h4-6,25-26,28,30-31H,2-3,22H2,1H3,(H2,23,29)/t5-,6-,19?,20-/m0/s1. The lowest BCUT2D eigenvalue weighted by molar-refractivity contribution is -0.152. The molecule has 11 heteroatoms. The van der Waals surface area contributed by atoms with Crippen LogP contribution in [-0.2, 0) is 20.0 Å². The van der Waals surface area contributed by atoms with Gasteiger partial charge in [0.2, 0.25) is 5.78 Å². The molecule has 10 nitrogen and oxygen atoms in total. The maximum Gasteiger partial charge on any atom is 0.255 e. The van der Waals surface area contributed by atoms with Gasteiger partial charge in [-0.2, -0.15) is 0 Å². The lowest BCUT2D eigenvalue weighted by atomic mass is 9.56. The fraction of sp³-hybridized carbons (Fsp3) is 0.350. The number of aliphatic hydroxyl groups excluding tert-OH is 2. The van der Waals surface area contributed by atoms with E-state index in [9.17, 15) is 39.9 Å². The predicted molar refractivity (Wildman–Crippen MR) is 107 cm³/mol. The van der Waals surface area contributed by atoms with Crippen molar-refractivity contribution < 1.29 is 39.9 Å². The molecule has 0 bridgehead atoms. The van der Waals surface area contributed by atoms with Gasteiger partial charge in [-0.1, -0.05) is 11.6 Å². The molecule has 1 fully saturated rings. The number of rotatable bonds is 1. The van der Waals surface area contributed by atoms with Gasteiger partial charge in [-0.15, -0.1) is 0 Å². The number of aliphatic hydroxyl groups is 4. The third-order valence-electron chi connectivity index (χ3n) is 6.61. The summed E-state index contributed by atoms with van der Waals surface area (Å²) >= 11 is 6.02. The number of phenolic OH excluding ortho intramolecular Hbond substituents is 1. The number of primary amides is 1. The van der Waals surface area contributed by atoms with Crippen molar-refractivity contribution in [3.63, 3.8) is 0 Å². The molecule has 164 valence electrons. The lowest BCUT2D eigenvalue weighted by Crippen LogP contribution is -2.60. The first-order chi connectivity index (χ1) is 14.3. The van der Waals surface area contributed by atoms with E-state index in [4.69, 9.17) is 23.1 Å². The minimum atomic E-state index is -2.72. The van der Waals surface area contributed by atoms with Crippen molar-refractivity contribution in [3.05, 3.63) is 39.1 Å². The lowest BCUT2D eigenvalue weighted by Gasteiger charge is -2.50. The average molecular weight is 451 g/mol. The highest BCUT2D eigenvalue weighted by Crippen LogP contribution is 2.57. The summed E-state index contributed by atoms with van der Waals surface area (Å²) in [6.07, 6.45) is -0.718. The van der Waals surface area contributed by atoms with Crippen LogP contribution in [0.15, 0.2) is 23.0 Å². The highest BCUT2D eigenvalue weighted by atomic mass is 35.5. The van der Waals surface area contributed by atoms with Gasteiger partial charge in [-0.3, -0.25) is 14.4 Å². The van der Waals surface area contributed by atoms with Crippen molar-refractivity contribution >= 4 is 40.5 Å². The second-order valence-electron chi connectivity index (χ2n) is 8.25. The zero-order chi connectivity index (χ0) is 23.2. The number of fused-ring (bicyclic) bond motifs is 3. The van der Waals surface area contributed by atoms with E-state index in [-0.39, 0.29) is 28.3 Å². The van der Waals surface area contributed by atoms with E-state index in [1.807, 2.05) is 0 Å². The molecule has 0 aromatic heterocycles. The summed E-state index contributed by atoms with van der Waals surface area (Å²) < 4.78 is 0. The van der Waals surface area contributed by atoms with Crippen molar-refractivity contribution in [2.45, 2.75) is 31.0 Å². The summed E-state index contributed by atoms with van der Waals surface area (Å²) in [5, 5.41) is 54.2. The number of nitrogens with two attached hydrogens (primary N) is 2. The highest BCUT2D eigenvalue weighted by Gasteiger charge is 2.63. The quantitative estimate of drug-likeness (QED) is 0.178. The number of carbonyl (C=O) groups is 3. The summed E-state index contributed by atoms with van der Waals surface area (Å²) in [5.74, 6) is -8.38. The Morgan fingerprint density at radius 2 is 1.84 bits per heavy atom. The number of nitrogen functional groups attached to an aromatic ring is 1. The average Bonchev–Trinajstić information content (AvgIpc) is 2.66. The number of ketones is 2. The minimum Gasteiger partial charge on any atom is -0.508 e. The van der Waals surface area contributed by atoms with Crippen LogP contribution in [0.2, 0.25) is 5.02 Å². The molecule has 3 aliphatic carbocycles. The summed E-state index contributed by atoms with van der Waals surface area (Å²) in [6.45, 7) is 1.32. The Balaban J connectivity index is 2.03. The van der Waals surface area contributed by atoms with Gasteiger partial charge in [0.1, 0.15) is 17.1 Å². The molecule has 0 radical (unpaired) electrons. The van der Waals surface area contributed by atoms with Crippen LogP contribution in [0.25, 0.3) is 5.76 Å². The van der Waals surface area contributed by atoms with Crippen LogP contribution in [0.5, 0.6) is 5.75 Å². The van der Waals surface area contributed by atoms with Crippen LogP contribution in [0.1, 0.15) is 30.9 Å². The molecular weight excluding hydrogens is 432 g/mol. The molecular formula is C20H19ClN2O8. The molecule has 3 aliphatic rings. The van der Waals surface area contributed by atoms with Crippen LogP contribution >= 0.6 is 11.6 Å². The number of carbonyl (C=O) groups excluding carboxylic acids is 3. The highest BCUT2D eigenvalue weighted by molar-refractivity contribution is 6.33. The number of anilines is 1. The van der Waals surface area contributed by atoms with Crippen LogP contribution in [0.3, 0.4) is 0 Å². The van der Waals surface area contributed by atoms with Gasteiger partial charge in [0.15, 0.2) is 17.1 Å². The maximum atomic E-state index is 13.4. The summed E-state index contributed by atoms with van der Waals surface area (Å²) in [6, 6.07) is 1.25. The van der Waals surface area contributed by atoms with Crippen LogP contribution in [-0.4, -0.2) is 48.6 Å². The smallest absolute Gasteiger partial charge is 0.255 e. The monoisotopic (exact) mass is 450 g/mol. The summed E-state index contributed by atoms with van der Waals surface area (Å²) in [5.41, 5.74) is 4.20. The first kappa shape index (κ1) is 21.2. The molecule has 31 heavy (non-hydrogen) atoms. The number of halogens is 1. The predicted octanol–water partition coefficient (Wildman–Crippen LogP) is 0.324. The Morgan fingerprint density at radius 3 is 2.42 bits per heavy atom. The van der Waals surface area contributed by atoms with E-state index >= 15 is 0 Å². The van der Waals surface area contributed by atoms with Crippen molar-refractivity contribution in [2.75, 3.05) is 5.73 Å². The van der Waals surface area contributed by atoms with Gasteiger partial charge >= 0.3 is 0 Å². The maximum absolute atomic E-state index is 13.4. The largest absolute Gasteiger partial charge is 0.508 e. The zero-order valence-corrected chi connectivity index (χ0v) is 16.9. The normalized spacial score (nSPS) is 32.5. The van der Waals surface area contributed by atoms with Crippen molar-refractivity contribution in [1.29, 1.82) is 0 Å². The molecule has 0 aliphatic heterocycles. The molecule has 0 saturated heterocycles. The number of benzene rings is 1. The van der Waals surface area contributed by atoms with Gasteiger partial charge in [-0.05, 0) is 19.4 Å². The molecule has 1 aromatic rings. The first-order valence-corrected chi connectivity index (χ1v) is 9.65. The number of hydrogen-bond acceptors (Lipinski definition) is 9. The number of hydrogen-bond donors (Lipinski definition) is 7. The Morgan fingerprint density at radius 1 is 1.23 bits per heavy atom. The molecule has 1 saturated carbocycles. The van der Waals surface area contributed by atoms with E-state index in [0.29, 0.717) is 0 Å². The zero-order valence-electron chi connectivity index (χ0n) is 16.1. The third-order valence-corrected chi connectivity index (χ3v) is 6.92. The van der Waals surface area contributed by atoms with Crippen molar-refractivity contribution in [3.8, 4) is 5.75 Å². The number of aromatic hydroxyl groups is 1. The van der Waals surface area contributed by atoms with Gasteiger partial charge in [-0.25, -0.2) is 0 Å². The molecule has 0 spiro atoms. The van der Waals surface area contributed by atoms with Gasteiger partial charge in [0.05, 0.1) is 21.9 Å². The molecule has 1 amide bonds. The fourth-order valence-electron chi connectivity index (χ4n) is 4.95. The molecule has 0 heterocycles. The van der Waals surface area contributed by atoms with Gasteiger partial charge in [0.25, 0.3) is 5.91 Å². The third kappa shape index (κ3) is 2.43. The second kappa shape index (κ2) is 6.22. The number of phenols is 1. The summed E-state index contributed by atoms with van der Waals surface area (Å²) in [7, 11) is 0. The van der Waals surface area contributed by atoms with E-state index in [1.165, 1.54) is 13.0 Å². The Labute approximate surface area is 180 Å². The SMILES string of the molecule is CC1(O)c2cc(Cl)c(N)c(O)c2C(O)=C2C(=O)[C@]3(O)C(O)=C(C(N)=O)C(=O)C[C@@H]3C[C@@H]21. The van der Waals surface area contributed by atoms with Crippen LogP contribution in [0.4, 0.5) is 5.69 Å². The van der Waals surface area contributed by atoms with E-state index in [2.05, 4.69) is 0 Å². The fourth-order valence-corrected chi connectivity index (χ4v) is 5.15. The van der Waals surface area contributed by atoms with E-state index in [0.717, 1.165) is 0 Å².